The van der Waals surface area contributed by atoms with Crippen LogP contribution in [0.4, 0.5) is 19.0 Å². The van der Waals surface area contributed by atoms with E-state index in [9.17, 15) is 13.9 Å². The number of aromatic nitrogens is 6. The minimum atomic E-state index is -0.923. The van der Waals surface area contributed by atoms with Crippen LogP contribution in [0.2, 0.25) is 0 Å². The van der Waals surface area contributed by atoms with Crippen molar-refractivity contribution in [3.63, 3.8) is 0 Å². The summed E-state index contributed by atoms with van der Waals surface area (Å²) in [6.45, 7) is 4.92. The number of aryl methyl sites for hydroxylation is 2. The van der Waals surface area contributed by atoms with Gasteiger partial charge >= 0.3 is 6.01 Å². The van der Waals surface area contributed by atoms with Gasteiger partial charge in [-0.05, 0) is 66.8 Å². The topological polar surface area (TPSA) is 105 Å². The molecule has 10 nitrogen and oxygen atoms in total. The number of aromatic hydroxyl groups is 1. The van der Waals surface area contributed by atoms with Crippen LogP contribution in [0.1, 0.15) is 43.9 Å². The highest BCUT2D eigenvalue weighted by molar-refractivity contribution is 6.01. The standard InChI is InChI=1S/C33H33F3N8O2/c1-2-23-26(35)6-5-19-11-22(45)12-24(27(19)23)29-28(36)30-25(15-37-29)31(42-8-4-10-44-21(17-42)14-38-41-44)40-32(39-30)46-18-33-7-3-9-43(33)16-20(34)13-33/h5-6,11-12,14-15,20,45H,2-4,7-10,13,16-18H2,1H3/t20-,33+/m1/s1. The van der Waals surface area contributed by atoms with Gasteiger partial charge in [-0.15, -0.1) is 5.10 Å². The van der Waals surface area contributed by atoms with Gasteiger partial charge in [-0.25, -0.2) is 17.9 Å². The molecular formula is C33H33F3N8O2. The maximum absolute atomic E-state index is 16.9. The number of phenolic OH excluding ortho intramolecular Hbond substituents is 1. The first kappa shape index (κ1) is 28.9. The van der Waals surface area contributed by atoms with Crippen LogP contribution in [-0.4, -0.2) is 77.9 Å². The lowest BCUT2D eigenvalue weighted by atomic mass is 9.94. The Hall–Kier alpha value is -4.52. The van der Waals surface area contributed by atoms with Gasteiger partial charge in [0.15, 0.2) is 5.82 Å². The van der Waals surface area contributed by atoms with Gasteiger partial charge in [0.25, 0.3) is 0 Å². The molecule has 3 aliphatic heterocycles. The fourth-order valence-electron chi connectivity index (χ4n) is 7.65. The third-order valence-electron chi connectivity index (χ3n) is 9.78. The fraction of sp³-hybridized carbons (Fsp3) is 0.424. The molecule has 238 valence electrons. The molecule has 13 heteroatoms. The second-order valence-corrected chi connectivity index (χ2v) is 12.6. The zero-order chi connectivity index (χ0) is 31.6. The molecule has 2 aromatic carbocycles. The van der Waals surface area contributed by atoms with Gasteiger partial charge in [0.2, 0.25) is 0 Å². The van der Waals surface area contributed by atoms with Gasteiger partial charge in [-0.3, -0.25) is 9.88 Å². The van der Waals surface area contributed by atoms with Gasteiger partial charge in [0.1, 0.15) is 41.4 Å². The van der Waals surface area contributed by atoms with Gasteiger partial charge in [0.05, 0.1) is 29.4 Å². The Morgan fingerprint density at radius 2 is 1.98 bits per heavy atom. The Balaban J connectivity index is 1.28. The zero-order valence-electron chi connectivity index (χ0n) is 25.4. The molecule has 46 heavy (non-hydrogen) atoms. The molecule has 2 fully saturated rings. The first-order valence-electron chi connectivity index (χ1n) is 15.8. The average molecular weight is 631 g/mol. The van der Waals surface area contributed by atoms with Crippen LogP contribution in [0, 0.1) is 11.6 Å². The summed E-state index contributed by atoms with van der Waals surface area (Å²) in [6.07, 6.45) is 5.55. The maximum Gasteiger partial charge on any atom is 0.319 e. The average Bonchev–Trinajstić information content (AvgIpc) is 3.69. The summed E-state index contributed by atoms with van der Waals surface area (Å²) in [5, 5.41) is 20.2. The Bertz CT molecular complexity index is 1990. The molecular weight excluding hydrogens is 597 g/mol. The molecule has 2 saturated heterocycles. The molecule has 0 aliphatic carbocycles. The number of pyridine rings is 1. The molecule has 0 unspecified atom stereocenters. The molecule has 0 amide bonds. The second kappa shape index (κ2) is 11.1. The number of halogens is 3. The lowest BCUT2D eigenvalue weighted by molar-refractivity contribution is 0.107. The zero-order valence-corrected chi connectivity index (χ0v) is 25.4. The number of benzene rings is 2. The fourth-order valence-corrected chi connectivity index (χ4v) is 7.65. The van der Waals surface area contributed by atoms with E-state index in [2.05, 4.69) is 25.2 Å². The van der Waals surface area contributed by atoms with Crippen LogP contribution in [0.25, 0.3) is 32.9 Å². The summed E-state index contributed by atoms with van der Waals surface area (Å²) >= 11 is 0. The molecule has 8 rings (SSSR count). The van der Waals surface area contributed by atoms with Gasteiger partial charge in [0, 0.05) is 37.8 Å². The van der Waals surface area contributed by atoms with E-state index in [1.807, 2.05) is 16.5 Å². The predicted molar refractivity (Wildman–Crippen MR) is 165 cm³/mol. The summed E-state index contributed by atoms with van der Waals surface area (Å²) in [5.41, 5.74) is 1.03. The van der Waals surface area contributed by atoms with Crippen molar-refractivity contribution in [2.24, 2.45) is 0 Å². The van der Waals surface area contributed by atoms with Crippen LogP contribution >= 0.6 is 0 Å². The summed E-state index contributed by atoms with van der Waals surface area (Å²) in [7, 11) is 0. The van der Waals surface area contributed by atoms with E-state index in [1.165, 1.54) is 24.4 Å². The third-order valence-corrected chi connectivity index (χ3v) is 9.78. The number of nitrogens with zero attached hydrogens (tertiary/aromatic N) is 8. The summed E-state index contributed by atoms with van der Waals surface area (Å²) in [5.74, 6) is -0.802. The van der Waals surface area contributed by atoms with E-state index >= 15 is 4.39 Å². The Kier molecular flexibility index (Phi) is 6.96. The van der Waals surface area contributed by atoms with Crippen molar-refractivity contribution in [1.29, 1.82) is 0 Å². The van der Waals surface area contributed by atoms with Crippen molar-refractivity contribution in [3.05, 3.63) is 59.6 Å². The Morgan fingerprint density at radius 1 is 1.09 bits per heavy atom. The van der Waals surface area contributed by atoms with E-state index in [-0.39, 0.29) is 35.1 Å². The first-order valence-corrected chi connectivity index (χ1v) is 15.8. The largest absolute Gasteiger partial charge is 0.508 e. The summed E-state index contributed by atoms with van der Waals surface area (Å²) in [4.78, 5) is 18.1. The lowest BCUT2D eigenvalue weighted by Gasteiger charge is -2.31. The monoisotopic (exact) mass is 630 g/mol. The van der Waals surface area contributed by atoms with Crippen LogP contribution in [0.5, 0.6) is 11.8 Å². The van der Waals surface area contributed by atoms with E-state index in [0.29, 0.717) is 66.6 Å². The quantitative estimate of drug-likeness (QED) is 0.266. The lowest BCUT2D eigenvalue weighted by Crippen LogP contribution is -2.43. The number of fused-ring (bicyclic) bond motifs is 4. The SMILES string of the molecule is CCc1c(F)ccc2cc(O)cc(-c3ncc4c(N5CCCn6nncc6C5)nc(OC[C@@]56CCCN5C[C@H](F)C6)nc4c3F)c12. The first-order chi connectivity index (χ1) is 22.3. The molecule has 3 aliphatic rings. The highest BCUT2D eigenvalue weighted by Gasteiger charge is 2.49. The van der Waals surface area contributed by atoms with Crippen molar-refractivity contribution >= 4 is 27.5 Å². The van der Waals surface area contributed by atoms with Crippen molar-refractivity contribution in [2.45, 2.75) is 63.8 Å². The van der Waals surface area contributed by atoms with Gasteiger partial charge in [-0.2, -0.15) is 9.97 Å². The number of phenols is 1. The predicted octanol–water partition coefficient (Wildman–Crippen LogP) is 5.35. The second-order valence-electron chi connectivity index (χ2n) is 12.6. The van der Waals surface area contributed by atoms with E-state index < -0.39 is 23.3 Å². The van der Waals surface area contributed by atoms with Gasteiger partial charge in [-0.1, -0.05) is 18.2 Å². The molecule has 2 atom stereocenters. The minimum absolute atomic E-state index is 0.0117. The van der Waals surface area contributed by atoms with Crippen molar-refractivity contribution in [3.8, 4) is 23.0 Å². The number of rotatable bonds is 6. The molecule has 0 bridgehead atoms. The molecule has 6 heterocycles. The molecule has 0 spiro atoms. The molecule has 0 saturated carbocycles. The van der Waals surface area contributed by atoms with Crippen molar-refractivity contribution in [1.82, 2.24) is 34.8 Å². The molecule has 0 radical (unpaired) electrons. The molecule has 5 aromatic rings. The maximum atomic E-state index is 16.9. The molecule has 1 N–H and O–H groups in total. The van der Waals surface area contributed by atoms with Crippen molar-refractivity contribution < 1.29 is 23.0 Å². The van der Waals surface area contributed by atoms with E-state index in [1.54, 1.807) is 12.3 Å². The number of alkyl halides is 1. The highest BCUT2D eigenvalue weighted by atomic mass is 19.1. The third kappa shape index (κ3) is 4.70. The van der Waals surface area contributed by atoms with Crippen molar-refractivity contribution in [2.75, 3.05) is 31.1 Å². The normalized spacial score (nSPS) is 21.6. The van der Waals surface area contributed by atoms with Crippen LogP contribution in [-0.2, 0) is 19.5 Å². The number of hydrogen-bond donors (Lipinski definition) is 1. The van der Waals surface area contributed by atoms with Crippen LogP contribution in [0.3, 0.4) is 0 Å². The minimum Gasteiger partial charge on any atom is -0.508 e. The smallest absolute Gasteiger partial charge is 0.319 e. The number of anilines is 1. The summed E-state index contributed by atoms with van der Waals surface area (Å²) < 4.78 is 54.4. The van der Waals surface area contributed by atoms with E-state index in [4.69, 9.17) is 9.72 Å². The molecule has 3 aromatic heterocycles. The Labute approximate surface area is 262 Å². The van der Waals surface area contributed by atoms with Gasteiger partial charge < -0.3 is 14.7 Å². The van der Waals surface area contributed by atoms with Crippen LogP contribution in [0.15, 0.2) is 36.7 Å². The highest BCUT2D eigenvalue weighted by Crippen LogP contribution is 2.42. The van der Waals surface area contributed by atoms with Crippen LogP contribution < -0.4 is 9.64 Å². The Morgan fingerprint density at radius 3 is 2.85 bits per heavy atom. The summed E-state index contributed by atoms with van der Waals surface area (Å²) in [6, 6.07) is 5.83. The number of ether oxygens (including phenoxy) is 1. The number of hydrogen-bond acceptors (Lipinski definition) is 9. The van der Waals surface area contributed by atoms with E-state index in [0.717, 1.165) is 31.5 Å².